The fraction of sp³-hybridized carbons (Fsp3) is 0.235. The molecular formula is C17H18N4O6. The molecule has 0 spiro atoms. The van der Waals surface area contributed by atoms with E-state index < -0.39 is 17.8 Å². The lowest BCUT2D eigenvalue weighted by atomic mass is 10.1. The lowest BCUT2D eigenvalue weighted by Gasteiger charge is -2.06. The van der Waals surface area contributed by atoms with Crippen molar-refractivity contribution in [2.45, 2.75) is 20.8 Å². The number of furan rings is 1. The Morgan fingerprint density at radius 3 is 2.52 bits per heavy atom. The highest BCUT2D eigenvalue weighted by molar-refractivity contribution is 6.12. The lowest BCUT2D eigenvalue weighted by molar-refractivity contribution is -0.114. The quantitative estimate of drug-likeness (QED) is 0.647. The summed E-state index contributed by atoms with van der Waals surface area (Å²) in [5.41, 5.74) is 5.05. The molecule has 0 bridgehead atoms. The summed E-state index contributed by atoms with van der Waals surface area (Å²) in [6.07, 6.45) is 1.33. The van der Waals surface area contributed by atoms with Crippen LogP contribution in [-0.2, 0) is 9.53 Å². The zero-order chi connectivity index (χ0) is 20.1. The summed E-state index contributed by atoms with van der Waals surface area (Å²) < 4.78 is 10.2. The van der Waals surface area contributed by atoms with Gasteiger partial charge >= 0.3 is 5.97 Å². The first-order valence-corrected chi connectivity index (χ1v) is 7.89. The summed E-state index contributed by atoms with van der Waals surface area (Å²) in [6.45, 7) is 4.44. The number of primary amides is 1. The molecule has 0 unspecified atom stereocenters. The van der Waals surface area contributed by atoms with Crippen LogP contribution in [0.2, 0.25) is 0 Å². The molecule has 0 aliphatic heterocycles. The Morgan fingerprint density at radius 1 is 1.22 bits per heavy atom. The second-order valence-electron chi connectivity index (χ2n) is 5.39. The fourth-order valence-electron chi connectivity index (χ4n) is 2.31. The first kappa shape index (κ1) is 19.6. The molecule has 2 rings (SSSR count). The summed E-state index contributed by atoms with van der Waals surface area (Å²) in [6, 6.07) is 2.73. The molecule has 10 heteroatoms. The average Bonchev–Trinajstić information content (AvgIpc) is 2.91. The molecule has 2 aromatic heterocycles. The van der Waals surface area contributed by atoms with Gasteiger partial charge in [-0.3, -0.25) is 19.7 Å². The van der Waals surface area contributed by atoms with Gasteiger partial charge in [0.1, 0.15) is 22.7 Å². The van der Waals surface area contributed by atoms with Crippen LogP contribution in [0.3, 0.4) is 0 Å². The van der Waals surface area contributed by atoms with Crippen LogP contribution in [0.4, 0.5) is 11.7 Å². The number of hydrogen-bond donors (Lipinski definition) is 3. The Labute approximate surface area is 154 Å². The fourth-order valence-corrected chi connectivity index (χ4v) is 2.31. The minimum atomic E-state index is -0.959. The third-order valence-corrected chi connectivity index (χ3v) is 3.36. The van der Waals surface area contributed by atoms with Gasteiger partial charge in [0.15, 0.2) is 0 Å². The van der Waals surface area contributed by atoms with E-state index in [2.05, 4.69) is 15.6 Å². The number of nitrogens with one attached hydrogen (secondary N) is 2. The highest BCUT2D eigenvalue weighted by atomic mass is 16.5. The van der Waals surface area contributed by atoms with Gasteiger partial charge in [0.2, 0.25) is 11.8 Å². The molecule has 0 atom stereocenters. The molecule has 0 radical (unpaired) electrons. The third kappa shape index (κ3) is 4.48. The summed E-state index contributed by atoms with van der Waals surface area (Å²) in [7, 11) is 0. The Balaban J connectivity index is 2.36. The number of nitrogens with two attached hydrogens (primary N) is 1. The van der Waals surface area contributed by atoms with E-state index >= 15 is 0 Å². The van der Waals surface area contributed by atoms with Gasteiger partial charge in [-0.25, -0.2) is 9.78 Å². The SMILES string of the molecule is CCOC(=O)c1c(C)oc(NC(=O)c2ccnc(NC(C)=O)c2)c1C(N)=O. The number of carbonyl (C=O) groups is 4. The lowest BCUT2D eigenvalue weighted by Crippen LogP contribution is -2.20. The first-order chi connectivity index (χ1) is 12.7. The molecule has 0 aliphatic carbocycles. The predicted molar refractivity (Wildman–Crippen MR) is 94.4 cm³/mol. The minimum absolute atomic E-state index is 0.0752. The molecule has 0 saturated heterocycles. The van der Waals surface area contributed by atoms with Crippen LogP contribution in [0.5, 0.6) is 0 Å². The molecule has 4 N–H and O–H groups in total. The standard InChI is InChI=1S/C17H18N4O6/c1-4-26-17(25)12-8(2)27-16(13(12)14(18)23)21-15(24)10-5-6-19-11(7-10)20-9(3)22/h5-7H,4H2,1-3H3,(H2,18,23)(H,21,24)(H,19,20,22). The van der Waals surface area contributed by atoms with Crippen LogP contribution in [0.1, 0.15) is 50.7 Å². The minimum Gasteiger partial charge on any atom is -0.462 e. The normalized spacial score (nSPS) is 10.2. The van der Waals surface area contributed by atoms with Crippen LogP contribution >= 0.6 is 0 Å². The number of carbonyl (C=O) groups excluding carboxylic acids is 4. The molecule has 0 saturated carbocycles. The van der Waals surface area contributed by atoms with E-state index in [1.165, 1.54) is 32.2 Å². The number of aromatic nitrogens is 1. The van der Waals surface area contributed by atoms with E-state index in [1.54, 1.807) is 6.92 Å². The van der Waals surface area contributed by atoms with Crippen LogP contribution in [-0.4, -0.2) is 35.3 Å². The van der Waals surface area contributed by atoms with Crippen molar-refractivity contribution in [2.75, 3.05) is 17.2 Å². The zero-order valence-corrected chi connectivity index (χ0v) is 14.9. The van der Waals surface area contributed by atoms with Gasteiger partial charge < -0.3 is 20.2 Å². The van der Waals surface area contributed by atoms with Gasteiger partial charge in [-0.1, -0.05) is 0 Å². The van der Waals surface area contributed by atoms with Crippen LogP contribution in [0, 0.1) is 6.92 Å². The molecule has 2 heterocycles. The Bertz CT molecular complexity index is 918. The molecular weight excluding hydrogens is 356 g/mol. The van der Waals surface area contributed by atoms with Crippen molar-refractivity contribution in [1.82, 2.24) is 4.98 Å². The van der Waals surface area contributed by atoms with Gasteiger partial charge in [0.25, 0.3) is 11.8 Å². The van der Waals surface area contributed by atoms with Crippen molar-refractivity contribution in [3.8, 4) is 0 Å². The summed E-state index contributed by atoms with van der Waals surface area (Å²) in [5, 5.41) is 4.84. The van der Waals surface area contributed by atoms with Gasteiger partial charge in [-0.05, 0) is 26.0 Å². The number of amides is 3. The maximum atomic E-state index is 12.5. The smallest absolute Gasteiger partial charge is 0.342 e. The first-order valence-electron chi connectivity index (χ1n) is 7.89. The highest BCUT2D eigenvalue weighted by Gasteiger charge is 2.29. The van der Waals surface area contributed by atoms with E-state index in [0.29, 0.717) is 0 Å². The summed E-state index contributed by atoms with van der Waals surface area (Å²) >= 11 is 0. The van der Waals surface area contributed by atoms with Crippen molar-refractivity contribution in [3.05, 3.63) is 40.8 Å². The monoisotopic (exact) mass is 374 g/mol. The van der Waals surface area contributed by atoms with E-state index in [-0.39, 0.29) is 46.7 Å². The van der Waals surface area contributed by atoms with Crippen molar-refractivity contribution in [3.63, 3.8) is 0 Å². The zero-order valence-electron chi connectivity index (χ0n) is 14.9. The molecule has 142 valence electrons. The number of rotatable bonds is 6. The average molecular weight is 374 g/mol. The van der Waals surface area contributed by atoms with Gasteiger partial charge in [-0.2, -0.15) is 0 Å². The second kappa shape index (κ2) is 8.13. The summed E-state index contributed by atoms with van der Waals surface area (Å²) in [4.78, 5) is 51.3. The number of anilines is 2. The number of aryl methyl sites for hydroxylation is 1. The molecule has 2 aromatic rings. The maximum absolute atomic E-state index is 12.5. The van der Waals surface area contributed by atoms with Crippen molar-refractivity contribution < 1.29 is 28.3 Å². The highest BCUT2D eigenvalue weighted by Crippen LogP contribution is 2.28. The molecule has 3 amide bonds. The summed E-state index contributed by atoms with van der Waals surface area (Å²) in [5.74, 6) is -2.78. The second-order valence-corrected chi connectivity index (χ2v) is 5.39. The number of esters is 1. The molecule has 0 aromatic carbocycles. The van der Waals surface area contributed by atoms with Crippen LogP contribution in [0.15, 0.2) is 22.7 Å². The van der Waals surface area contributed by atoms with Gasteiger partial charge in [0, 0.05) is 18.7 Å². The topological polar surface area (TPSA) is 154 Å². The van der Waals surface area contributed by atoms with E-state index in [0.717, 1.165) is 0 Å². The van der Waals surface area contributed by atoms with E-state index in [4.69, 9.17) is 14.9 Å². The van der Waals surface area contributed by atoms with Crippen molar-refractivity contribution >= 4 is 35.4 Å². The number of pyridine rings is 1. The Kier molecular flexibility index (Phi) is 5.91. The number of hydrogen-bond acceptors (Lipinski definition) is 7. The van der Waals surface area contributed by atoms with Crippen molar-refractivity contribution in [1.29, 1.82) is 0 Å². The molecule has 27 heavy (non-hydrogen) atoms. The Hall–Kier alpha value is -3.69. The molecule has 0 aliphatic rings. The van der Waals surface area contributed by atoms with Crippen LogP contribution < -0.4 is 16.4 Å². The predicted octanol–water partition coefficient (Wildman–Crippen LogP) is 1.47. The van der Waals surface area contributed by atoms with E-state index in [9.17, 15) is 19.2 Å². The Morgan fingerprint density at radius 2 is 1.93 bits per heavy atom. The molecule has 10 nitrogen and oxygen atoms in total. The third-order valence-electron chi connectivity index (χ3n) is 3.36. The number of nitrogens with zero attached hydrogens (tertiary/aromatic N) is 1. The van der Waals surface area contributed by atoms with Crippen LogP contribution in [0.25, 0.3) is 0 Å². The van der Waals surface area contributed by atoms with E-state index in [1.807, 2.05) is 0 Å². The molecule has 0 fully saturated rings. The number of ether oxygens (including phenoxy) is 1. The van der Waals surface area contributed by atoms with Gasteiger partial charge in [0.05, 0.1) is 6.61 Å². The largest absolute Gasteiger partial charge is 0.462 e. The van der Waals surface area contributed by atoms with Gasteiger partial charge in [-0.15, -0.1) is 0 Å². The van der Waals surface area contributed by atoms with Crippen molar-refractivity contribution in [2.24, 2.45) is 5.73 Å². The maximum Gasteiger partial charge on any atom is 0.342 e.